The van der Waals surface area contributed by atoms with E-state index in [1.165, 1.54) is 18.5 Å². The summed E-state index contributed by atoms with van der Waals surface area (Å²) in [5.41, 5.74) is 1.09. The van der Waals surface area contributed by atoms with Crippen molar-refractivity contribution in [1.29, 1.82) is 0 Å². The number of ether oxygens (including phenoxy) is 1. The highest BCUT2D eigenvalue weighted by Gasteiger charge is 2.06. The average molecular weight is 258 g/mol. The van der Waals surface area contributed by atoms with Crippen molar-refractivity contribution in [3.8, 4) is 11.6 Å². The smallest absolute Gasteiger partial charge is 0.335 e. The van der Waals surface area contributed by atoms with Crippen molar-refractivity contribution < 1.29 is 14.6 Å². The molecule has 1 heterocycles. The number of hydrogen-bond acceptors (Lipinski definition) is 4. The Kier molecular flexibility index (Phi) is 4.07. The van der Waals surface area contributed by atoms with Crippen molar-refractivity contribution in [3.05, 3.63) is 47.9 Å². The molecule has 0 spiro atoms. The van der Waals surface area contributed by atoms with Crippen molar-refractivity contribution >= 4 is 5.97 Å². The van der Waals surface area contributed by atoms with Crippen molar-refractivity contribution in [1.82, 2.24) is 9.97 Å². The predicted molar refractivity (Wildman–Crippen MR) is 69.5 cm³/mol. The van der Waals surface area contributed by atoms with Crippen LogP contribution in [0.3, 0.4) is 0 Å². The van der Waals surface area contributed by atoms with Crippen LogP contribution in [-0.4, -0.2) is 21.0 Å². The Labute approximate surface area is 110 Å². The molecular formula is C14H14N2O3. The molecule has 0 atom stereocenters. The van der Waals surface area contributed by atoms with E-state index in [-0.39, 0.29) is 5.56 Å². The summed E-state index contributed by atoms with van der Waals surface area (Å²) in [5.74, 6) is -0.123. The number of rotatable bonds is 5. The molecule has 5 nitrogen and oxygen atoms in total. The SMILES string of the molecule is CCCc1cc(Oc2cccc(C(=O)O)c2)ncn1. The molecule has 0 aliphatic carbocycles. The molecule has 2 aromatic rings. The fourth-order valence-electron chi connectivity index (χ4n) is 1.64. The molecule has 0 bridgehead atoms. The third kappa shape index (κ3) is 3.51. The summed E-state index contributed by atoms with van der Waals surface area (Å²) in [4.78, 5) is 19.0. The monoisotopic (exact) mass is 258 g/mol. The van der Waals surface area contributed by atoms with E-state index in [4.69, 9.17) is 9.84 Å². The first-order chi connectivity index (χ1) is 9.19. The minimum atomic E-state index is -0.986. The zero-order valence-corrected chi connectivity index (χ0v) is 10.5. The second kappa shape index (κ2) is 5.95. The average Bonchev–Trinajstić information content (AvgIpc) is 2.40. The molecule has 19 heavy (non-hydrogen) atoms. The molecule has 1 aromatic carbocycles. The number of hydrogen-bond donors (Lipinski definition) is 1. The number of aromatic nitrogens is 2. The first-order valence-corrected chi connectivity index (χ1v) is 6.01. The highest BCUT2D eigenvalue weighted by Crippen LogP contribution is 2.20. The summed E-state index contributed by atoms with van der Waals surface area (Å²) in [7, 11) is 0. The van der Waals surface area contributed by atoms with E-state index >= 15 is 0 Å². The number of aromatic carboxylic acids is 1. The highest BCUT2D eigenvalue weighted by molar-refractivity contribution is 5.88. The summed E-state index contributed by atoms with van der Waals surface area (Å²) in [6.07, 6.45) is 3.29. The van der Waals surface area contributed by atoms with Gasteiger partial charge in [0.05, 0.1) is 5.56 Å². The van der Waals surface area contributed by atoms with Crippen LogP contribution in [0.2, 0.25) is 0 Å². The third-order valence-electron chi connectivity index (χ3n) is 2.51. The highest BCUT2D eigenvalue weighted by atomic mass is 16.5. The van der Waals surface area contributed by atoms with Gasteiger partial charge in [-0.2, -0.15) is 0 Å². The summed E-state index contributed by atoms with van der Waals surface area (Å²) in [6.45, 7) is 2.07. The number of carboxylic acids is 1. The van der Waals surface area contributed by atoms with Crippen LogP contribution < -0.4 is 4.74 Å². The van der Waals surface area contributed by atoms with Gasteiger partial charge in [0, 0.05) is 11.8 Å². The summed E-state index contributed by atoms with van der Waals surface area (Å²) >= 11 is 0. The minimum Gasteiger partial charge on any atom is -0.478 e. The number of carboxylic acid groups (broad SMARTS) is 1. The van der Waals surface area contributed by atoms with Gasteiger partial charge >= 0.3 is 5.97 Å². The van der Waals surface area contributed by atoms with Crippen LogP contribution in [0.25, 0.3) is 0 Å². The van der Waals surface area contributed by atoms with Gasteiger partial charge in [0.25, 0.3) is 0 Å². The van der Waals surface area contributed by atoms with Crippen LogP contribution in [-0.2, 0) is 6.42 Å². The van der Waals surface area contributed by atoms with Crippen LogP contribution in [0.5, 0.6) is 11.6 Å². The first kappa shape index (κ1) is 13.0. The zero-order valence-electron chi connectivity index (χ0n) is 10.5. The maximum Gasteiger partial charge on any atom is 0.335 e. The molecule has 1 N–H and O–H groups in total. The van der Waals surface area contributed by atoms with Gasteiger partial charge in [-0.1, -0.05) is 19.4 Å². The largest absolute Gasteiger partial charge is 0.478 e. The van der Waals surface area contributed by atoms with Gasteiger partial charge in [-0.05, 0) is 24.6 Å². The van der Waals surface area contributed by atoms with Gasteiger partial charge < -0.3 is 9.84 Å². The van der Waals surface area contributed by atoms with E-state index in [1.54, 1.807) is 18.2 Å². The van der Waals surface area contributed by atoms with Gasteiger partial charge in [-0.15, -0.1) is 0 Å². The first-order valence-electron chi connectivity index (χ1n) is 6.01. The molecule has 1 aromatic heterocycles. The van der Waals surface area contributed by atoms with Gasteiger partial charge in [-0.3, -0.25) is 0 Å². The van der Waals surface area contributed by atoms with Crippen molar-refractivity contribution in [2.75, 3.05) is 0 Å². The molecule has 0 aliphatic rings. The summed E-state index contributed by atoms with van der Waals surface area (Å²) in [5, 5.41) is 8.91. The second-order valence-electron chi connectivity index (χ2n) is 4.03. The molecule has 98 valence electrons. The Bertz CT molecular complexity index is 584. The molecular weight excluding hydrogens is 244 g/mol. The van der Waals surface area contributed by atoms with Crippen LogP contribution in [0.15, 0.2) is 36.7 Å². The van der Waals surface area contributed by atoms with Gasteiger partial charge in [0.15, 0.2) is 0 Å². The number of carbonyl (C=O) groups is 1. The normalized spacial score (nSPS) is 10.2. The number of benzene rings is 1. The Balaban J connectivity index is 2.18. The summed E-state index contributed by atoms with van der Waals surface area (Å²) < 4.78 is 5.54. The predicted octanol–water partition coefficient (Wildman–Crippen LogP) is 2.92. The van der Waals surface area contributed by atoms with Crippen LogP contribution >= 0.6 is 0 Å². The molecule has 0 radical (unpaired) electrons. The zero-order chi connectivity index (χ0) is 13.7. The van der Waals surface area contributed by atoms with Gasteiger partial charge in [-0.25, -0.2) is 14.8 Å². The van der Waals surface area contributed by atoms with Crippen molar-refractivity contribution in [2.45, 2.75) is 19.8 Å². The van der Waals surface area contributed by atoms with E-state index in [0.717, 1.165) is 18.5 Å². The van der Waals surface area contributed by atoms with E-state index in [1.807, 2.05) is 0 Å². The molecule has 0 unspecified atom stereocenters. The lowest BCUT2D eigenvalue weighted by Crippen LogP contribution is -1.97. The van der Waals surface area contributed by atoms with Gasteiger partial charge in [0.1, 0.15) is 12.1 Å². The topological polar surface area (TPSA) is 72.3 Å². The molecule has 0 saturated carbocycles. The molecule has 0 saturated heterocycles. The van der Waals surface area contributed by atoms with Crippen LogP contribution in [0, 0.1) is 0 Å². The number of aryl methyl sites for hydroxylation is 1. The maximum absolute atomic E-state index is 10.9. The quantitative estimate of drug-likeness (QED) is 0.892. The lowest BCUT2D eigenvalue weighted by atomic mass is 10.2. The van der Waals surface area contributed by atoms with Gasteiger partial charge in [0.2, 0.25) is 5.88 Å². The second-order valence-corrected chi connectivity index (χ2v) is 4.03. The van der Waals surface area contributed by atoms with E-state index in [2.05, 4.69) is 16.9 Å². The van der Waals surface area contributed by atoms with Crippen LogP contribution in [0.1, 0.15) is 29.4 Å². The molecule has 0 fully saturated rings. The summed E-state index contributed by atoms with van der Waals surface area (Å²) in [6, 6.07) is 8.06. The molecule has 0 aliphatic heterocycles. The minimum absolute atomic E-state index is 0.181. The lowest BCUT2D eigenvalue weighted by Gasteiger charge is -2.06. The Hall–Kier alpha value is -2.43. The maximum atomic E-state index is 10.9. The Morgan fingerprint density at radius 3 is 2.89 bits per heavy atom. The Morgan fingerprint density at radius 1 is 1.32 bits per heavy atom. The van der Waals surface area contributed by atoms with Crippen molar-refractivity contribution in [2.24, 2.45) is 0 Å². The molecule has 5 heteroatoms. The standard InChI is InChI=1S/C14H14N2O3/c1-2-4-11-8-13(16-9-15-11)19-12-6-3-5-10(7-12)14(17)18/h3,5-9H,2,4H2,1H3,(H,17,18). The van der Waals surface area contributed by atoms with E-state index < -0.39 is 5.97 Å². The number of nitrogens with zero attached hydrogens (tertiary/aromatic N) is 2. The Morgan fingerprint density at radius 2 is 2.16 bits per heavy atom. The molecule has 0 amide bonds. The fourth-order valence-corrected chi connectivity index (χ4v) is 1.64. The third-order valence-corrected chi connectivity index (χ3v) is 2.51. The van der Waals surface area contributed by atoms with Crippen LogP contribution in [0.4, 0.5) is 0 Å². The van der Waals surface area contributed by atoms with E-state index in [0.29, 0.717) is 11.6 Å². The molecule has 2 rings (SSSR count). The fraction of sp³-hybridized carbons (Fsp3) is 0.214. The lowest BCUT2D eigenvalue weighted by molar-refractivity contribution is 0.0696. The van der Waals surface area contributed by atoms with Crippen molar-refractivity contribution in [3.63, 3.8) is 0 Å². The van der Waals surface area contributed by atoms with E-state index in [9.17, 15) is 4.79 Å².